The molecule has 1 fully saturated rings. The molecule has 1 saturated carbocycles. The molecule has 0 radical (unpaired) electrons. The normalized spacial score (nSPS) is 22.0. The molecule has 0 aliphatic heterocycles. The van der Waals surface area contributed by atoms with E-state index >= 15 is 0 Å². The van der Waals surface area contributed by atoms with E-state index in [0.29, 0.717) is 23.2 Å². The molecule has 5 nitrogen and oxygen atoms in total. The first-order chi connectivity index (χ1) is 10.0. The van der Waals surface area contributed by atoms with E-state index in [1.54, 1.807) is 0 Å². The van der Waals surface area contributed by atoms with E-state index in [-0.39, 0.29) is 0 Å². The van der Waals surface area contributed by atoms with Crippen molar-refractivity contribution in [3.8, 4) is 0 Å². The van der Waals surface area contributed by atoms with E-state index in [2.05, 4.69) is 10.3 Å². The van der Waals surface area contributed by atoms with Crippen molar-refractivity contribution < 1.29 is 4.79 Å². The second-order valence-electron chi connectivity index (χ2n) is 6.09. The van der Waals surface area contributed by atoms with Gasteiger partial charge in [-0.15, -0.1) is 0 Å². The smallest absolute Gasteiger partial charge is 0.252 e. The molecule has 2 unspecified atom stereocenters. The lowest BCUT2D eigenvalue weighted by Gasteiger charge is -2.31. The first-order valence-electron chi connectivity index (χ1n) is 7.75. The fourth-order valence-corrected chi connectivity index (χ4v) is 3.37. The van der Waals surface area contributed by atoms with Crippen LogP contribution in [0.1, 0.15) is 47.3 Å². The number of anilines is 1. The van der Waals surface area contributed by atoms with Crippen LogP contribution in [0.4, 0.5) is 5.82 Å². The Balaban J connectivity index is 2.13. The standard InChI is InChI=1S/C16H26N4O/c1-10-7-11(2)20-16(14(10)15(18)21)19-9-13-6-4-3-5-12(13)8-17/h7,12-13H,3-6,8-9,17H2,1-2H3,(H2,18,21)(H,19,20). The van der Waals surface area contributed by atoms with Gasteiger partial charge in [-0.25, -0.2) is 4.98 Å². The summed E-state index contributed by atoms with van der Waals surface area (Å²) in [6.45, 7) is 5.35. The van der Waals surface area contributed by atoms with E-state index in [9.17, 15) is 4.79 Å². The van der Waals surface area contributed by atoms with Crippen molar-refractivity contribution in [2.75, 3.05) is 18.4 Å². The van der Waals surface area contributed by atoms with Gasteiger partial charge in [0.2, 0.25) is 0 Å². The van der Waals surface area contributed by atoms with Crippen LogP contribution in [0.15, 0.2) is 6.07 Å². The predicted molar refractivity (Wildman–Crippen MR) is 85.2 cm³/mol. The van der Waals surface area contributed by atoms with Gasteiger partial charge >= 0.3 is 0 Å². The summed E-state index contributed by atoms with van der Waals surface area (Å²) in [5.41, 5.74) is 13.6. The maximum absolute atomic E-state index is 11.6. The molecule has 2 atom stereocenters. The summed E-state index contributed by atoms with van der Waals surface area (Å²) in [5, 5.41) is 3.34. The molecular weight excluding hydrogens is 264 g/mol. The van der Waals surface area contributed by atoms with Crippen LogP contribution < -0.4 is 16.8 Å². The average molecular weight is 290 g/mol. The van der Waals surface area contributed by atoms with E-state index in [1.807, 2.05) is 19.9 Å². The third kappa shape index (κ3) is 3.73. The van der Waals surface area contributed by atoms with Gasteiger partial charge in [0.15, 0.2) is 0 Å². The molecule has 1 aromatic rings. The quantitative estimate of drug-likeness (QED) is 0.773. The van der Waals surface area contributed by atoms with Crippen molar-refractivity contribution >= 4 is 11.7 Å². The van der Waals surface area contributed by atoms with E-state index in [4.69, 9.17) is 11.5 Å². The Morgan fingerprint density at radius 2 is 2.00 bits per heavy atom. The van der Waals surface area contributed by atoms with Crippen molar-refractivity contribution in [3.05, 3.63) is 22.9 Å². The average Bonchev–Trinajstić information content (AvgIpc) is 2.44. The van der Waals surface area contributed by atoms with Crippen LogP contribution in [0, 0.1) is 25.7 Å². The number of nitrogens with one attached hydrogen (secondary N) is 1. The maximum Gasteiger partial charge on any atom is 0.252 e. The topological polar surface area (TPSA) is 94.0 Å². The Morgan fingerprint density at radius 1 is 1.33 bits per heavy atom. The number of nitrogens with two attached hydrogens (primary N) is 2. The van der Waals surface area contributed by atoms with Crippen LogP contribution in [-0.4, -0.2) is 24.0 Å². The SMILES string of the molecule is Cc1cc(C)c(C(N)=O)c(NCC2CCCCC2CN)n1. The minimum Gasteiger partial charge on any atom is -0.369 e. The lowest BCUT2D eigenvalue weighted by atomic mass is 9.79. The fraction of sp³-hybridized carbons (Fsp3) is 0.625. The first-order valence-corrected chi connectivity index (χ1v) is 7.75. The number of carbonyl (C=O) groups is 1. The monoisotopic (exact) mass is 290 g/mol. The third-order valence-corrected chi connectivity index (χ3v) is 4.49. The molecular formula is C16H26N4O. The van der Waals surface area contributed by atoms with E-state index < -0.39 is 5.91 Å². The molecule has 0 spiro atoms. The zero-order valence-corrected chi connectivity index (χ0v) is 13.0. The summed E-state index contributed by atoms with van der Waals surface area (Å²) in [7, 11) is 0. The highest BCUT2D eigenvalue weighted by Crippen LogP contribution is 2.30. The largest absolute Gasteiger partial charge is 0.369 e. The van der Waals surface area contributed by atoms with Crippen molar-refractivity contribution in [1.29, 1.82) is 0 Å². The predicted octanol–water partition coefficient (Wildman–Crippen LogP) is 1.97. The van der Waals surface area contributed by atoms with Gasteiger partial charge in [0, 0.05) is 12.2 Å². The Hall–Kier alpha value is -1.62. The Kier molecular flexibility index (Phi) is 5.17. The number of aromatic nitrogens is 1. The molecule has 1 aliphatic rings. The number of amides is 1. The van der Waals surface area contributed by atoms with Crippen LogP contribution in [-0.2, 0) is 0 Å². The van der Waals surface area contributed by atoms with Crippen LogP contribution in [0.5, 0.6) is 0 Å². The zero-order chi connectivity index (χ0) is 15.4. The lowest BCUT2D eigenvalue weighted by Crippen LogP contribution is -2.32. The lowest BCUT2D eigenvalue weighted by molar-refractivity contribution is 0.1000. The maximum atomic E-state index is 11.6. The number of aryl methyl sites for hydroxylation is 2. The molecule has 1 amide bonds. The third-order valence-electron chi connectivity index (χ3n) is 4.49. The van der Waals surface area contributed by atoms with Crippen molar-refractivity contribution in [1.82, 2.24) is 4.98 Å². The molecule has 21 heavy (non-hydrogen) atoms. The summed E-state index contributed by atoms with van der Waals surface area (Å²) < 4.78 is 0. The number of nitrogens with zero attached hydrogens (tertiary/aromatic N) is 1. The molecule has 5 N–H and O–H groups in total. The zero-order valence-electron chi connectivity index (χ0n) is 13.0. The molecule has 0 aromatic carbocycles. The van der Waals surface area contributed by atoms with Crippen LogP contribution >= 0.6 is 0 Å². The van der Waals surface area contributed by atoms with Crippen molar-refractivity contribution in [3.63, 3.8) is 0 Å². The minimum absolute atomic E-state index is 0.429. The van der Waals surface area contributed by atoms with Crippen LogP contribution in [0.25, 0.3) is 0 Å². The van der Waals surface area contributed by atoms with Gasteiger partial charge in [-0.1, -0.05) is 12.8 Å². The van der Waals surface area contributed by atoms with Crippen LogP contribution in [0.2, 0.25) is 0 Å². The summed E-state index contributed by atoms with van der Waals surface area (Å²) in [6, 6.07) is 1.88. The number of carbonyl (C=O) groups excluding carboxylic acids is 1. The second kappa shape index (κ2) is 6.89. The van der Waals surface area contributed by atoms with E-state index in [1.165, 1.54) is 25.7 Å². The van der Waals surface area contributed by atoms with Gasteiger partial charge in [0.1, 0.15) is 5.82 Å². The van der Waals surface area contributed by atoms with Gasteiger partial charge in [-0.05, 0) is 56.7 Å². The summed E-state index contributed by atoms with van der Waals surface area (Å²) in [6.07, 6.45) is 4.91. The van der Waals surface area contributed by atoms with Crippen molar-refractivity contribution in [2.24, 2.45) is 23.3 Å². The minimum atomic E-state index is -0.429. The molecule has 2 rings (SSSR count). The number of hydrogen-bond acceptors (Lipinski definition) is 4. The van der Waals surface area contributed by atoms with Gasteiger partial charge in [-0.2, -0.15) is 0 Å². The van der Waals surface area contributed by atoms with Crippen LogP contribution in [0.3, 0.4) is 0 Å². The fourth-order valence-electron chi connectivity index (χ4n) is 3.37. The summed E-state index contributed by atoms with van der Waals surface area (Å²) in [5.74, 6) is 1.30. The summed E-state index contributed by atoms with van der Waals surface area (Å²) in [4.78, 5) is 16.1. The molecule has 1 aromatic heterocycles. The number of primary amides is 1. The highest BCUT2D eigenvalue weighted by Gasteiger charge is 2.24. The Labute approximate surface area is 126 Å². The highest BCUT2D eigenvalue weighted by atomic mass is 16.1. The summed E-state index contributed by atoms with van der Waals surface area (Å²) >= 11 is 0. The van der Waals surface area contributed by atoms with Gasteiger partial charge in [-0.3, -0.25) is 4.79 Å². The molecule has 1 heterocycles. The highest BCUT2D eigenvalue weighted by molar-refractivity contribution is 5.99. The van der Waals surface area contributed by atoms with Crippen molar-refractivity contribution in [2.45, 2.75) is 39.5 Å². The van der Waals surface area contributed by atoms with Gasteiger partial charge in [0.25, 0.3) is 5.91 Å². The van der Waals surface area contributed by atoms with Gasteiger partial charge < -0.3 is 16.8 Å². The molecule has 0 bridgehead atoms. The number of pyridine rings is 1. The Morgan fingerprint density at radius 3 is 2.62 bits per heavy atom. The number of hydrogen-bond donors (Lipinski definition) is 3. The molecule has 0 saturated heterocycles. The Bertz CT molecular complexity index is 515. The second-order valence-corrected chi connectivity index (χ2v) is 6.09. The molecule has 5 heteroatoms. The van der Waals surface area contributed by atoms with Gasteiger partial charge in [0.05, 0.1) is 5.56 Å². The van der Waals surface area contributed by atoms with E-state index in [0.717, 1.165) is 24.3 Å². The number of rotatable bonds is 5. The molecule has 116 valence electrons. The molecule has 1 aliphatic carbocycles. The first kappa shape index (κ1) is 15.8.